The summed E-state index contributed by atoms with van der Waals surface area (Å²) in [5, 5.41) is 0.843. The number of benzene rings is 1. The van der Waals surface area contributed by atoms with Gasteiger partial charge in [0.15, 0.2) is 0 Å². The van der Waals surface area contributed by atoms with Crippen LogP contribution in [0.1, 0.15) is 58.4 Å². The van der Waals surface area contributed by atoms with Crippen molar-refractivity contribution in [3.05, 3.63) is 34.9 Å². The first-order valence-corrected chi connectivity index (χ1v) is 11.8. The summed E-state index contributed by atoms with van der Waals surface area (Å²) >= 11 is 6.24. The lowest BCUT2D eigenvalue weighted by Crippen LogP contribution is -2.57. The van der Waals surface area contributed by atoms with E-state index >= 15 is 0 Å². The fourth-order valence-electron chi connectivity index (χ4n) is 5.71. The highest BCUT2D eigenvalue weighted by atomic mass is 35.5. The van der Waals surface area contributed by atoms with E-state index in [0.717, 1.165) is 11.1 Å². The lowest BCUT2D eigenvalue weighted by Gasteiger charge is -2.53. The molecule has 0 N–H and O–H groups in total. The zero-order chi connectivity index (χ0) is 20.1. The summed E-state index contributed by atoms with van der Waals surface area (Å²) in [6.45, 7) is 14.4. The van der Waals surface area contributed by atoms with Crippen molar-refractivity contribution in [3.8, 4) is 0 Å². The third kappa shape index (κ3) is 4.75. The average molecular weight is 406 g/mol. The molecule has 1 saturated heterocycles. The summed E-state index contributed by atoms with van der Waals surface area (Å²) in [5.74, 6) is 0.712. The molecule has 28 heavy (non-hydrogen) atoms. The third-order valence-corrected chi connectivity index (χ3v) is 7.40. The van der Waals surface area contributed by atoms with E-state index in [-0.39, 0.29) is 5.54 Å². The molecule has 2 aliphatic rings. The number of hydrogen-bond acceptors (Lipinski definition) is 3. The standard InChI is InChI=1S/C24H40ClN3/c1-5-13-28(14-6-2)24(21-7-9-22(25)10-8-21)12-11-23(20(3)19-24)27-17-15-26(4)16-18-27/h7-10,20,23H,5-6,11-19H2,1-4H3. The Labute approximate surface area is 178 Å². The van der Waals surface area contributed by atoms with Crippen LogP contribution in [0.25, 0.3) is 0 Å². The highest BCUT2D eigenvalue weighted by molar-refractivity contribution is 6.30. The Morgan fingerprint density at radius 1 is 1.04 bits per heavy atom. The average Bonchev–Trinajstić information content (AvgIpc) is 2.69. The van der Waals surface area contributed by atoms with Gasteiger partial charge >= 0.3 is 0 Å². The number of rotatable bonds is 7. The number of piperazine rings is 1. The van der Waals surface area contributed by atoms with E-state index in [1.165, 1.54) is 76.9 Å². The normalized spacial score (nSPS) is 30.1. The molecule has 2 fully saturated rings. The first-order valence-electron chi connectivity index (χ1n) is 11.4. The van der Waals surface area contributed by atoms with Crippen molar-refractivity contribution in [1.82, 2.24) is 14.7 Å². The van der Waals surface area contributed by atoms with Crippen molar-refractivity contribution in [2.45, 2.75) is 64.5 Å². The zero-order valence-corrected chi connectivity index (χ0v) is 19.2. The van der Waals surface area contributed by atoms with Crippen LogP contribution in [-0.2, 0) is 5.54 Å². The van der Waals surface area contributed by atoms with E-state index in [0.29, 0.717) is 5.92 Å². The number of halogens is 1. The van der Waals surface area contributed by atoms with Crippen molar-refractivity contribution in [2.75, 3.05) is 46.3 Å². The minimum Gasteiger partial charge on any atom is -0.304 e. The van der Waals surface area contributed by atoms with Crippen LogP contribution in [0.15, 0.2) is 24.3 Å². The van der Waals surface area contributed by atoms with Gasteiger partial charge < -0.3 is 4.90 Å². The maximum atomic E-state index is 6.24. The molecule has 1 aromatic carbocycles. The summed E-state index contributed by atoms with van der Waals surface area (Å²) < 4.78 is 0. The first-order chi connectivity index (χ1) is 13.5. The fraction of sp³-hybridized carbons (Fsp3) is 0.750. The summed E-state index contributed by atoms with van der Waals surface area (Å²) in [6, 6.07) is 9.50. The topological polar surface area (TPSA) is 9.72 Å². The van der Waals surface area contributed by atoms with Gasteiger partial charge in [0, 0.05) is 42.8 Å². The number of hydrogen-bond donors (Lipinski definition) is 0. The second-order valence-corrected chi connectivity index (χ2v) is 9.59. The molecule has 158 valence electrons. The van der Waals surface area contributed by atoms with Gasteiger partial charge in [-0.05, 0) is 75.9 Å². The third-order valence-electron chi connectivity index (χ3n) is 7.15. The van der Waals surface area contributed by atoms with Crippen LogP contribution in [0.5, 0.6) is 0 Å². The molecule has 1 aliphatic carbocycles. The Balaban J connectivity index is 1.85. The molecule has 0 aromatic heterocycles. The molecule has 1 heterocycles. The Bertz CT molecular complexity index is 590. The van der Waals surface area contributed by atoms with Crippen LogP contribution in [0.3, 0.4) is 0 Å². The van der Waals surface area contributed by atoms with Crippen LogP contribution in [0, 0.1) is 5.92 Å². The molecule has 3 atom stereocenters. The SMILES string of the molecule is CCCN(CCC)C1(c2ccc(Cl)cc2)CCC(N2CCN(C)CC2)C(C)C1. The fourth-order valence-corrected chi connectivity index (χ4v) is 5.84. The molecule has 4 heteroatoms. The predicted molar refractivity (Wildman–Crippen MR) is 121 cm³/mol. The van der Waals surface area contributed by atoms with Crippen LogP contribution in [0.4, 0.5) is 0 Å². The molecule has 0 bridgehead atoms. The van der Waals surface area contributed by atoms with E-state index in [9.17, 15) is 0 Å². The van der Waals surface area contributed by atoms with Crippen LogP contribution < -0.4 is 0 Å². The van der Waals surface area contributed by atoms with Crippen molar-refractivity contribution in [2.24, 2.45) is 5.92 Å². The van der Waals surface area contributed by atoms with Gasteiger partial charge in [-0.15, -0.1) is 0 Å². The molecule has 3 nitrogen and oxygen atoms in total. The highest BCUT2D eigenvalue weighted by Gasteiger charge is 2.45. The quantitative estimate of drug-likeness (QED) is 0.625. The summed E-state index contributed by atoms with van der Waals surface area (Å²) in [7, 11) is 2.25. The Hall–Kier alpha value is -0.610. The largest absolute Gasteiger partial charge is 0.304 e. The molecule has 1 saturated carbocycles. The van der Waals surface area contributed by atoms with Gasteiger partial charge in [-0.3, -0.25) is 9.80 Å². The van der Waals surface area contributed by atoms with E-state index in [1.807, 2.05) is 0 Å². The molecule has 0 amide bonds. The van der Waals surface area contributed by atoms with Crippen molar-refractivity contribution < 1.29 is 0 Å². The van der Waals surface area contributed by atoms with Crippen LogP contribution in [-0.4, -0.2) is 67.1 Å². The molecular weight excluding hydrogens is 366 g/mol. The lowest BCUT2D eigenvalue weighted by molar-refractivity contribution is -0.0215. The second kappa shape index (κ2) is 9.93. The van der Waals surface area contributed by atoms with E-state index in [2.05, 4.69) is 66.8 Å². The van der Waals surface area contributed by atoms with Gasteiger partial charge in [0.25, 0.3) is 0 Å². The maximum absolute atomic E-state index is 6.24. The Kier molecular flexibility index (Phi) is 7.83. The molecule has 1 aliphatic heterocycles. The molecule has 3 rings (SSSR count). The van der Waals surface area contributed by atoms with E-state index in [4.69, 9.17) is 11.6 Å². The first kappa shape index (κ1) is 22.1. The smallest absolute Gasteiger partial charge is 0.0464 e. The van der Waals surface area contributed by atoms with Crippen LogP contribution >= 0.6 is 11.6 Å². The molecule has 0 spiro atoms. The monoisotopic (exact) mass is 405 g/mol. The van der Waals surface area contributed by atoms with Gasteiger partial charge in [0.05, 0.1) is 0 Å². The molecular formula is C24H40ClN3. The minimum absolute atomic E-state index is 0.166. The van der Waals surface area contributed by atoms with Crippen molar-refractivity contribution in [1.29, 1.82) is 0 Å². The van der Waals surface area contributed by atoms with Crippen molar-refractivity contribution in [3.63, 3.8) is 0 Å². The van der Waals surface area contributed by atoms with Gasteiger partial charge in [-0.2, -0.15) is 0 Å². The van der Waals surface area contributed by atoms with E-state index < -0.39 is 0 Å². The Morgan fingerprint density at radius 3 is 2.18 bits per heavy atom. The zero-order valence-electron chi connectivity index (χ0n) is 18.5. The maximum Gasteiger partial charge on any atom is 0.0464 e. The van der Waals surface area contributed by atoms with Gasteiger partial charge in [-0.1, -0.05) is 44.5 Å². The lowest BCUT2D eigenvalue weighted by atomic mass is 9.68. The minimum atomic E-state index is 0.166. The highest BCUT2D eigenvalue weighted by Crippen LogP contribution is 2.46. The predicted octanol–water partition coefficient (Wildman–Crippen LogP) is 5.09. The van der Waals surface area contributed by atoms with Gasteiger partial charge in [0.1, 0.15) is 0 Å². The summed E-state index contributed by atoms with van der Waals surface area (Å²) in [6.07, 6.45) is 6.25. The summed E-state index contributed by atoms with van der Waals surface area (Å²) in [5.41, 5.74) is 1.64. The van der Waals surface area contributed by atoms with Gasteiger partial charge in [-0.25, -0.2) is 0 Å². The Morgan fingerprint density at radius 2 is 1.64 bits per heavy atom. The second-order valence-electron chi connectivity index (χ2n) is 9.15. The van der Waals surface area contributed by atoms with E-state index in [1.54, 1.807) is 0 Å². The molecule has 3 unspecified atom stereocenters. The summed E-state index contributed by atoms with van der Waals surface area (Å²) in [4.78, 5) is 8.04. The molecule has 0 radical (unpaired) electrons. The number of nitrogens with zero attached hydrogens (tertiary/aromatic N) is 3. The molecule has 1 aromatic rings. The van der Waals surface area contributed by atoms with Gasteiger partial charge in [0.2, 0.25) is 0 Å². The van der Waals surface area contributed by atoms with Crippen molar-refractivity contribution >= 4 is 11.6 Å². The van der Waals surface area contributed by atoms with Crippen LogP contribution in [0.2, 0.25) is 5.02 Å². The number of likely N-dealkylation sites (N-methyl/N-ethyl adjacent to an activating group) is 1.